The highest BCUT2D eigenvalue weighted by Gasteiger charge is 2.11. The van der Waals surface area contributed by atoms with Crippen molar-refractivity contribution >= 4 is 0 Å². The smallest absolute Gasteiger partial charge is 0.123 e. The van der Waals surface area contributed by atoms with Crippen molar-refractivity contribution in [2.45, 2.75) is 46.8 Å². The minimum atomic E-state index is -0.163. The SMILES string of the molecule is CC(C)CNCc1cc(OC(C)(C)C)ccn1. The molecule has 1 heterocycles. The summed E-state index contributed by atoms with van der Waals surface area (Å²) >= 11 is 0. The Morgan fingerprint density at radius 3 is 2.65 bits per heavy atom. The quantitative estimate of drug-likeness (QED) is 0.853. The van der Waals surface area contributed by atoms with Crippen molar-refractivity contribution in [1.82, 2.24) is 10.3 Å². The number of pyridine rings is 1. The maximum absolute atomic E-state index is 5.80. The van der Waals surface area contributed by atoms with Crippen molar-refractivity contribution in [1.29, 1.82) is 0 Å². The molecule has 0 saturated carbocycles. The maximum Gasteiger partial charge on any atom is 0.123 e. The van der Waals surface area contributed by atoms with Gasteiger partial charge >= 0.3 is 0 Å². The molecule has 0 fully saturated rings. The minimum absolute atomic E-state index is 0.163. The molecule has 0 aliphatic heterocycles. The number of hydrogen-bond acceptors (Lipinski definition) is 3. The number of hydrogen-bond donors (Lipinski definition) is 1. The lowest BCUT2D eigenvalue weighted by atomic mass is 10.2. The first-order chi connectivity index (χ1) is 7.87. The highest BCUT2D eigenvalue weighted by atomic mass is 16.5. The number of rotatable bonds is 5. The first kappa shape index (κ1) is 14.0. The first-order valence-electron chi connectivity index (χ1n) is 6.21. The van der Waals surface area contributed by atoms with Gasteiger partial charge in [-0.2, -0.15) is 0 Å². The summed E-state index contributed by atoms with van der Waals surface area (Å²) in [5, 5.41) is 3.37. The molecule has 17 heavy (non-hydrogen) atoms. The van der Waals surface area contributed by atoms with Crippen molar-refractivity contribution in [2.75, 3.05) is 6.54 Å². The molecular formula is C14H24N2O. The summed E-state index contributed by atoms with van der Waals surface area (Å²) in [7, 11) is 0. The van der Waals surface area contributed by atoms with E-state index >= 15 is 0 Å². The zero-order valence-corrected chi connectivity index (χ0v) is 11.6. The number of ether oxygens (including phenoxy) is 1. The fourth-order valence-corrected chi connectivity index (χ4v) is 1.46. The molecule has 0 radical (unpaired) electrons. The van der Waals surface area contributed by atoms with Gasteiger partial charge in [-0.1, -0.05) is 13.8 Å². The fraction of sp³-hybridized carbons (Fsp3) is 0.643. The van der Waals surface area contributed by atoms with Gasteiger partial charge in [0.15, 0.2) is 0 Å². The Morgan fingerprint density at radius 1 is 1.35 bits per heavy atom. The van der Waals surface area contributed by atoms with Crippen LogP contribution < -0.4 is 10.1 Å². The molecule has 0 aromatic carbocycles. The Morgan fingerprint density at radius 2 is 2.06 bits per heavy atom. The Hall–Kier alpha value is -1.09. The molecule has 0 unspecified atom stereocenters. The van der Waals surface area contributed by atoms with Gasteiger partial charge in [0.05, 0.1) is 5.69 Å². The third-order valence-corrected chi connectivity index (χ3v) is 2.07. The van der Waals surface area contributed by atoms with E-state index in [0.717, 1.165) is 24.5 Å². The first-order valence-corrected chi connectivity index (χ1v) is 6.21. The Kier molecular flexibility index (Phi) is 4.94. The Balaban J connectivity index is 2.54. The lowest BCUT2D eigenvalue weighted by Crippen LogP contribution is -2.23. The summed E-state index contributed by atoms with van der Waals surface area (Å²) in [6.45, 7) is 12.3. The summed E-state index contributed by atoms with van der Waals surface area (Å²) in [4.78, 5) is 4.32. The van der Waals surface area contributed by atoms with Crippen LogP contribution in [0.3, 0.4) is 0 Å². The highest BCUT2D eigenvalue weighted by molar-refractivity contribution is 5.23. The molecule has 0 bridgehead atoms. The summed E-state index contributed by atoms with van der Waals surface area (Å²) in [5.41, 5.74) is 0.858. The summed E-state index contributed by atoms with van der Waals surface area (Å²) in [6.07, 6.45) is 1.80. The molecule has 0 aliphatic carbocycles. The van der Waals surface area contributed by atoms with Gasteiger partial charge in [0.1, 0.15) is 11.4 Å². The molecule has 0 atom stereocenters. The van der Waals surface area contributed by atoms with Crippen LogP contribution in [0.1, 0.15) is 40.3 Å². The second-order valence-electron chi connectivity index (χ2n) is 5.72. The molecule has 1 aromatic heterocycles. The van der Waals surface area contributed by atoms with Gasteiger partial charge in [-0.05, 0) is 39.3 Å². The van der Waals surface area contributed by atoms with Gasteiger partial charge in [0, 0.05) is 18.8 Å². The van der Waals surface area contributed by atoms with Crippen LogP contribution in [0.4, 0.5) is 0 Å². The zero-order chi connectivity index (χ0) is 12.9. The molecule has 3 nitrogen and oxygen atoms in total. The standard InChI is InChI=1S/C14H24N2O/c1-11(2)9-15-10-12-8-13(6-7-16-12)17-14(3,4)5/h6-8,11,15H,9-10H2,1-5H3. The Bertz CT molecular complexity index is 342. The molecule has 1 rings (SSSR count). The van der Waals surface area contributed by atoms with Gasteiger partial charge in [0.2, 0.25) is 0 Å². The normalized spacial score (nSPS) is 11.9. The number of nitrogens with zero attached hydrogens (tertiary/aromatic N) is 1. The molecule has 0 aliphatic rings. The van der Waals surface area contributed by atoms with Crippen LogP contribution in [0.5, 0.6) is 5.75 Å². The molecule has 0 spiro atoms. The van der Waals surface area contributed by atoms with Crippen molar-refractivity contribution < 1.29 is 4.74 Å². The molecule has 96 valence electrons. The molecular weight excluding hydrogens is 212 g/mol. The van der Waals surface area contributed by atoms with E-state index in [1.807, 2.05) is 32.9 Å². The van der Waals surface area contributed by atoms with Gasteiger partial charge in [0.25, 0.3) is 0 Å². The minimum Gasteiger partial charge on any atom is -0.488 e. The van der Waals surface area contributed by atoms with Crippen LogP contribution in [0.25, 0.3) is 0 Å². The lowest BCUT2D eigenvalue weighted by molar-refractivity contribution is 0.130. The van der Waals surface area contributed by atoms with Crippen LogP contribution in [0.2, 0.25) is 0 Å². The third kappa shape index (κ3) is 6.27. The Labute approximate surface area is 105 Å². The van der Waals surface area contributed by atoms with E-state index < -0.39 is 0 Å². The van der Waals surface area contributed by atoms with E-state index in [1.165, 1.54) is 0 Å². The van der Waals surface area contributed by atoms with E-state index in [-0.39, 0.29) is 5.60 Å². The molecule has 1 N–H and O–H groups in total. The highest BCUT2D eigenvalue weighted by Crippen LogP contribution is 2.17. The average Bonchev–Trinajstić information content (AvgIpc) is 2.14. The largest absolute Gasteiger partial charge is 0.488 e. The van der Waals surface area contributed by atoms with Crippen molar-refractivity contribution in [3.05, 3.63) is 24.0 Å². The van der Waals surface area contributed by atoms with E-state index in [9.17, 15) is 0 Å². The number of nitrogens with one attached hydrogen (secondary N) is 1. The third-order valence-electron chi connectivity index (χ3n) is 2.07. The molecule has 0 saturated heterocycles. The maximum atomic E-state index is 5.80. The van der Waals surface area contributed by atoms with Crippen molar-refractivity contribution in [3.8, 4) is 5.75 Å². The van der Waals surface area contributed by atoms with Crippen LogP contribution in [0.15, 0.2) is 18.3 Å². The number of aromatic nitrogens is 1. The monoisotopic (exact) mass is 236 g/mol. The predicted molar refractivity (Wildman–Crippen MR) is 71.2 cm³/mol. The zero-order valence-electron chi connectivity index (χ0n) is 11.6. The van der Waals surface area contributed by atoms with Crippen LogP contribution in [-0.2, 0) is 6.54 Å². The van der Waals surface area contributed by atoms with Crippen LogP contribution in [-0.4, -0.2) is 17.1 Å². The van der Waals surface area contributed by atoms with Crippen molar-refractivity contribution in [3.63, 3.8) is 0 Å². The second-order valence-corrected chi connectivity index (χ2v) is 5.72. The van der Waals surface area contributed by atoms with Crippen LogP contribution >= 0.6 is 0 Å². The van der Waals surface area contributed by atoms with E-state index in [0.29, 0.717) is 5.92 Å². The van der Waals surface area contributed by atoms with Gasteiger partial charge < -0.3 is 10.1 Å². The lowest BCUT2D eigenvalue weighted by Gasteiger charge is -2.21. The summed E-state index contributed by atoms with van der Waals surface area (Å²) in [6, 6.07) is 3.90. The topological polar surface area (TPSA) is 34.1 Å². The molecule has 3 heteroatoms. The summed E-state index contributed by atoms with van der Waals surface area (Å²) in [5.74, 6) is 1.54. The van der Waals surface area contributed by atoms with Crippen LogP contribution in [0, 0.1) is 5.92 Å². The van der Waals surface area contributed by atoms with Crippen molar-refractivity contribution in [2.24, 2.45) is 5.92 Å². The van der Waals surface area contributed by atoms with E-state index in [4.69, 9.17) is 4.74 Å². The molecule has 0 amide bonds. The van der Waals surface area contributed by atoms with E-state index in [1.54, 1.807) is 6.20 Å². The van der Waals surface area contributed by atoms with E-state index in [2.05, 4.69) is 24.1 Å². The van der Waals surface area contributed by atoms with Gasteiger partial charge in [-0.15, -0.1) is 0 Å². The predicted octanol–water partition coefficient (Wildman–Crippen LogP) is 3.00. The second kappa shape index (κ2) is 6.01. The fourth-order valence-electron chi connectivity index (χ4n) is 1.46. The van der Waals surface area contributed by atoms with Gasteiger partial charge in [-0.25, -0.2) is 0 Å². The average molecular weight is 236 g/mol. The molecule has 1 aromatic rings. The summed E-state index contributed by atoms with van der Waals surface area (Å²) < 4.78 is 5.80. The van der Waals surface area contributed by atoms with Gasteiger partial charge in [-0.3, -0.25) is 4.98 Å².